The first-order chi connectivity index (χ1) is 9.52. The zero-order valence-electron chi connectivity index (χ0n) is 11.9. The molecule has 0 bridgehead atoms. The second kappa shape index (κ2) is 5.97. The van der Waals surface area contributed by atoms with Gasteiger partial charge in [-0.15, -0.1) is 0 Å². The quantitative estimate of drug-likeness (QED) is 0.297. The highest BCUT2D eigenvalue weighted by molar-refractivity contribution is 6.07. The van der Waals surface area contributed by atoms with Crippen LogP contribution in [0.4, 0.5) is 0 Å². The standard InChI is InChI=1S/C13H23N3O4/c1-12(2-6-19-7-3-12)15-11(17)13(10(14)16-18)4-8-20-9-5-13/h18H,2-9H2,1H3,(H2,14,16)(H,15,17). The molecular weight excluding hydrogens is 262 g/mol. The molecule has 2 rings (SSSR count). The number of oxime groups is 1. The number of amides is 1. The topological polar surface area (TPSA) is 106 Å². The van der Waals surface area contributed by atoms with Crippen molar-refractivity contribution in [3.8, 4) is 0 Å². The summed E-state index contributed by atoms with van der Waals surface area (Å²) in [7, 11) is 0. The number of hydrogen-bond acceptors (Lipinski definition) is 5. The number of amidine groups is 1. The summed E-state index contributed by atoms with van der Waals surface area (Å²) < 4.78 is 10.6. The number of rotatable bonds is 3. The molecule has 114 valence electrons. The average molecular weight is 285 g/mol. The van der Waals surface area contributed by atoms with Crippen molar-refractivity contribution in [3.05, 3.63) is 0 Å². The van der Waals surface area contributed by atoms with Crippen molar-refractivity contribution >= 4 is 11.7 Å². The molecule has 0 aromatic rings. The molecule has 0 aliphatic carbocycles. The van der Waals surface area contributed by atoms with Crippen LogP contribution in [-0.2, 0) is 14.3 Å². The van der Waals surface area contributed by atoms with E-state index in [2.05, 4.69) is 10.5 Å². The zero-order chi connectivity index (χ0) is 14.6. The molecule has 2 heterocycles. The van der Waals surface area contributed by atoms with Gasteiger partial charge in [0.05, 0.1) is 0 Å². The van der Waals surface area contributed by atoms with Crippen molar-refractivity contribution in [2.24, 2.45) is 16.3 Å². The second-order valence-electron chi connectivity index (χ2n) is 5.81. The van der Waals surface area contributed by atoms with Gasteiger partial charge in [-0.2, -0.15) is 0 Å². The predicted octanol–water partition coefficient (Wildman–Crippen LogP) is 0.215. The van der Waals surface area contributed by atoms with Gasteiger partial charge in [-0.1, -0.05) is 5.16 Å². The van der Waals surface area contributed by atoms with Gasteiger partial charge in [0.25, 0.3) is 0 Å². The smallest absolute Gasteiger partial charge is 0.234 e. The average Bonchev–Trinajstić information content (AvgIpc) is 2.47. The van der Waals surface area contributed by atoms with Crippen LogP contribution in [0.2, 0.25) is 0 Å². The fraction of sp³-hybridized carbons (Fsp3) is 0.846. The van der Waals surface area contributed by atoms with E-state index in [-0.39, 0.29) is 17.3 Å². The SMILES string of the molecule is CC1(NC(=O)C2(C(N)=NO)CCOCC2)CCOCC1. The Morgan fingerprint density at radius 2 is 1.65 bits per heavy atom. The molecule has 7 heteroatoms. The van der Waals surface area contributed by atoms with Crippen LogP contribution >= 0.6 is 0 Å². The van der Waals surface area contributed by atoms with Gasteiger partial charge in [0.1, 0.15) is 5.41 Å². The third kappa shape index (κ3) is 2.88. The van der Waals surface area contributed by atoms with E-state index in [1.54, 1.807) is 0 Å². The van der Waals surface area contributed by atoms with E-state index in [9.17, 15) is 4.79 Å². The molecule has 0 spiro atoms. The van der Waals surface area contributed by atoms with Gasteiger partial charge in [-0.25, -0.2) is 0 Å². The first kappa shape index (κ1) is 15.1. The third-order valence-corrected chi connectivity index (χ3v) is 4.39. The lowest BCUT2D eigenvalue weighted by atomic mass is 9.77. The fourth-order valence-electron chi connectivity index (χ4n) is 2.76. The molecule has 2 aliphatic heterocycles. The Labute approximate surface area is 118 Å². The summed E-state index contributed by atoms with van der Waals surface area (Å²) in [5.74, 6) is -0.213. The van der Waals surface area contributed by atoms with Gasteiger partial charge in [0.15, 0.2) is 5.84 Å². The normalized spacial score (nSPS) is 25.9. The monoisotopic (exact) mass is 285 g/mol. The molecule has 0 aromatic heterocycles. The van der Waals surface area contributed by atoms with Crippen molar-refractivity contribution in [1.29, 1.82) is 0 Å². The minimum absolute atomic E-state index is 0.0334. The van der Waals surface area contributed by atoms with Gasteiger partial charge >= 0.3 is 0 Å². The van der Waals surface area contributed by atoms with Crippen LogP contribution in [0.3, 0.4) is 0 Å². The Balaban J connectivity index is 2.14. The predicted molar refractivity (Wildman–Crippen MR) is 72.5 cm³/mol. The Bertz CT molecular complexity index is 385. The Morgan fingerprint density at radius 1 is 1.15 bits per heavy atom. The summed E-state index contributed by atoms with van der Waals surface area (Å²) in [4.78, 5) is 12.7. The Hall–Kier alpha value is -1.34. The molecule has 7 nitrogen and oxygen atoms in total. The van der Waals surface area contributed by atoms with Gasteiger partial charge in [0, 0.05) is 32.0 Å². The minimum Gasteiger partial charge on any atom is -0.409 e. The lowest BCUT2D eigenvalue weighted by Gasteiger charge is -2.40. The maximum absolute atomic E-state index is 12.7. The van der Waals surface area contributed by atoms with Gasteiger partial charge in [-0.05, 0) is 32.6 Å². The van der Waals surface area contributed by atoms with Gasteiger partial charge in [-0.3, -0.25) is 4.79 Å². The molecule has 0 unspecified atom stereocenters. The van der Waals surface area contributed by atoms with E-state index in [4.69, 9.17) is 20.4 Å². The highest BCUT2D eigenvalue weighted by Gasteiger charge is 2.46. The molecule has 1 amide bonds. The minimum atomic E-state index is -0.964. The highest BCUT2D eigenvalue weighted by Crippen LogP contribution is 2.33. The van der Waals surface area contributed by atoms with Crippen LogP contribution in [0.5, 0.6) is 0 Å². The summed E-state index contributed by atoms with van der Waals surface area (Å²) in [6.45, 7) is 4.15. The molecule has 20 heavy (non-hydrogen) atoms. The highest BCUT2D eigenvalue weighted by atomic mass is 16.5. The van der Waals surface area contributed by atoms with E-state index in [1.807, 2.05) is 6.92 Å². The van der Waals surface area contributed by atoms with E-state index in [1.165, 1.54) is 0 Å². The number of nitrogens with two attached hydrogens (primary N) is 1. The first-order valence-electron chi connectivity index (χ1n) is 6.99. The lowest BCUT2D eigenvalue weighted by Crippen LogP contribution is -2.59. The zero-order valence-corrected chi connectivity index (χ0v) is 11.9. The molecule has 2 saturated heterocycles. The van der Waals surface area contributed by atoms with E-state index >= 15 is 0 Å². The van der Waals surface area contributed by atoms with Crippen LogP contribution in [0.25, 0.3) is 0 Å². The van der Waals surface area contributed by atoms with Crippen molar-refractivity contribution < 1.29 is 19.5 Å². The van der Waals surface area contributed by atoms with Gasteiger partial charge in [0.2, 0.25) is 5.91 Å². The third-order valence-electron chi connectivity index (χ3n) is 4.39. The summed E-state index contributed by atoms with van der Waals surface area (Å²) in [6, 6.07) is 0. The largest absolute Gasteiger partial charge is 0.409 e. The maximum atomic E-state index is 12.7. The van der Waals surface area contributed by atoms with E-state index < -0.39 is 5.41 Å². The first-order valence-corrected chi connectivity index (χ1v) is 6.99. The summed E-state index contributed by atoms with van der Waals surface area (Å²) in [5.41, 5.74) is 4.53. The van der Waals surface area contributed by atoms with E-state index in [0.29, 0.717) is 39.3 Å². The molecule has 0 aromatic carbocycles. The number of carbonyl (C=O) groups excluding carboxylic acids is 1. The summed E-state index contributed by atoms with van der Waals surface area (Å²) in [5, 5.41) is 15.1. The van der Waals surface area contributed by atoms with Crippen LogP contribution in [0.15, 0.2) is 5.16 Å². The van der Waals surface area contributed by atoms with Gasteiger partial charge < -0.3 is 25.7 Å². The maximum Gasteiger partial charge on any atom is 0.234 e. The molecule has 4 N–H and O–H groups in total. The van der Waals surface area contributed by atoms with Crippen LogP contribution in [0.1, 0.15) is 32.6 Å². The van der Waals surface area contributed by atoms with E-state index in [0.717, 1.165) is 12.8 Å². The Kier molecular flexibility index (Phi) is 4.49. The molecular formula is C13H23N3O4. The Morgan fingerprint density at radius 3 is 2.15 bits per heavy atom. The van der Waals surface area contributed by atoms with Crippen molar-refractivity contribution in [2.45, 2.75) is 38.1 Å². The van der Waals surface area contributed by atoms with Crippen molar-refractivity contribution in [2.75, 3.05) is 26.4 Å². The van der Waals surface area contributed by atoms with Crippen molar-refractivity contribution in [1.82, 2.24) is 5.32 Å². The number of carbonyl (C=O) groups is 1. The lowest BCUT2D eigenvalue weighted by molar-refractivity contribution is -0.134. The van der Waals surface area contributed by atoms with Crippen molar-refractivity contribution in [3.63, 3.8) is 0 Å². The number of ether oxygens (including phenoxy) is 2. The molecule has 0 radical (unpaired) electrons. The molecule has 0 saturated carbocycles. The molecule has 0 atom stereocenters. The van der Waals surface area contributed by atoms with Crippen LogP contribution < -0.4 is 11.1 Å². The number of nitrogens with zero attached hydrogens (tertiary/aromatic N) is 1. The second-order valence-corrected chi connectivity index (χ2v) is 5.81. The van der Waals surface area contributed by atoms with Crippen LogP contribution in [0, 0.1) is 5.41 Å². The molecule has 2 fully saturated rings. The molecule has 2 aliphatic rings. The fourth-order valence-corrected chi connectivity index (χ4v) is 2.76. The number of nitrogens with one attached hydrogen (secondary N) is 1. The summed E-state index contributed by atoms with van der Waals surface area (Å²) >= 11 is 0. The number of hydrogen-bond donors (Lipinski definition) is 3. The summed E-state index contributed by atoms with van der Waals surface area (Å²) in [6.07, 6.45) is 2.39. The van der Waals surface area contributed by atoms with Crippen LogP contribution in [-0.4, -0.2) is 48.9 Å².